The molecule has 0 N–H and O–H groups in total. The smallest absolute Gasteiger partial charge is 0.229 e. The Bertz CT molecular complexity index is 422. The number of aromatic nitrogens is 2. The number of aryl methyl sites for hydroxylation is 1. The van der Waals surface area contributed by atoms with Gasteiger partial charge >= 0.3 is 0 Å². The minimum atomic E-state index is 0.523. The lowest BCUT2D eigenvalue weighted by atomic mass is 10.2. The van der Waals surface area contributed by atoms with Crippen molar-refractivity contribution in [1.29, 1.82) is 0 Å². The zero-order chi connectivity index (χ0) is 14.4. The van der Waals surface area contributed by atoms with Crippen molar-refractivity contribution in [2.24, 2.45) is 0 Å². The van der Waals surface area contributed by atoms with Gasteiger partial charge in [0, 0.05) is 30.2 Å². The van der Waals surface area contributed by atoms with Crippen LogP contribution in [-0.4, -0.2) is 35.0 Å². The summed E-state index contributed by atoms with van der Waals surface area (Å²) in [5.74, 6) is 2.04. The fraction of sp³-hybridized carbons (Fsp3) is 0.733. The van der Waals surface area contributed by atoms with Crippen LogP contribution in [0.4, 0.5) is 5.95 Å². The summed E-state index contributed by atoms with van der Waals surface area (Å²) in [6.45, 7) is 5.56. The second-order valence-corrected chi connectivity index (χ2v) is 5.69. The number of hydrogen-bond donors (Lipinski definition) is 0. The van der Waals surface area contributed by atoms with Gasteiger partial charge in [-0.15, -0.1) is 11.6 Å². The number of halogens is 1. The number of nitrogens with zero attached hydrogens (tertiary/aromatic N) is 3. The standard InChI is InChI=1S/C15H24ClN3O/c1-3-10-20-14-11-12(2)17-15(18-14)19(9-8-16)13-6-4-5-7-13/h11,13H,3-10H2,1-2H3. The van der Waals surface area contributed by atoms with Crippen LogP contribution >= 0.6 is 11.6 Å². The minimum absolute atomic E-state index is 0.523. The van der Waals surface area contributed by atoms with Crippen molar-refractivity contribution in [2.75, 3.05) is 23.9 Å². The van der Waals surface area contributed by atoms with Gasteiger partial charge in [-0.05, 0) is 26.2 Å². The van der Waals surface area contributed by atoms with Crippen molar-refractivity contribution in [3.05, 3.63) is 11.8 Å². The summed E-state index contributed by atoms with van der Waals surface area (Å²) in [6.07, 6.45) is 5.97. The minimum Gasteiger partial charge on any atom is -0.478 e. The summed E-state index contributed by atoms with van der Waals surface area (Å²) in [4.78, 5) is 11.4. The Kier molecular flexibility index (Phi) is 5.89. The topological polar surface area (TPSA) is 38.2 Å². The zero-order valence-electron chi connectivity index (χ0n) is 12.4. The zero-order valence-corrected chi connectivity index (χ0v) is 13.2. The van der Waals surface area contributed by atoms with Gasteiger partial charge in [0.15, 0.2) is 0 Å². The Labute approximate surface area is 126 Å². The molecule has 1 heterocycles. The van der Waals surface area contributed by atoms with E-state index in [0.717, 1.165) is 24.6 Å². The summed E-state index contributed by atoms with van der Waals surface area (Å²) in [7, 11) is 0. The molecule has 0 saturated heterocycles. The van der Waals surface area contributed by atoms with E-state index in [0.29, 0.717) is 24.4 Å². The monoisotopic (exact) mass is 297 g/mol. The average Bonchev–Trinajstić information content (AvgIpc) is 2.95. The molecule has 20 heavy (non-hydrogen) atoms. The molecule has 1 aromatic heterocycles. The van der Waals surface area contributed by atoms with Crippen LogP contribution in [0, 0.1) is 6.92 Å². The number of hydrogen-bond acceptors (Lipinski definition) is 4. The van der Waals surface area contributed by atoms with E-state index < -0.39 is 0 Å². The van der Waals surface area contributed by atoms with E-state index in [9.17, 15) is 0 Å². The molecule has 4 nitrogen and oxygen atoms in total. The molecular weight excluding hydrogens is 274 g/mol. The Balaban J connectivity index is 2.19. The van der Waals surface area contributed by atoms with Gasteiger partial charge in [-0.1, -0.05) is 19.8 Å². The average molecular weight is 298 g/mol. The highest BCUT2D eigenvalue weighted by Gasteiger charge is 2.24. The highest BCUT2D eigenvalue weighted by atomic mass is 35.5. The van der Waals surface area contributed by atoms with Gasteiger partial charge < -0.3 is 9.64 Å². The molecule has 0 atom stereocenters. The Morgan fingerprint density at radius 3 is 2.75 bits per heavy atom. The summed E-state index contributed by atoms with van der Waals surface area (Å²) in [5, 5.41) is 0. The van der Waals surface area contributed by atoms with E-state index in [-0.39, 0.29) is 0 Å². The first-order chi connectivity index (χ1) is 9.74. The second-order valence-electron chi connectivity index (χ2n) is 5.32. The van der Waals surface area contributed by atoms with Crippen LogP contribution in [-0.2, 0) is 0 Å². The number of anilines is 1. The molecule has 1 aromatic rings. The van der Waals surface area contributed by atoms with Crippen LogP contribution in [0.2, 0.25) is 0 Å². The van der Waals surface area contributed by atoms with Crippen LogP contribution in [0.5, 0.6) is 5.88 Å². The summed E-state index contributed by atoms with van der Waals surface area (Å²) in [5.41, 5.74) is 0.943. The van der Waals surface area contributed by atoms with Crippen molar-refractivity contribution >= 4 is 17.5 Å². The molecule has 0 bridgehead atoms. The predicted octanol–water partition coefficient (Wildman–Crippen LogP) is 3.56. The van der Waals surface area contributed by atoms with Crippen molar-refractivity contribution in [2.45, 2.75) is 52.0 Å². The van der Waals surface area contributed by atoms with Crippen LogP contribution in [0.25, 0.3) is 0 Å². The molecule has 0 radical (unpaired) electrons. The van der Waals surface area contributed by atoms with Gasteiger partial charge in [0.05, 0.1) is 6.61 Å². The third-order valence-corrected chi connectivity index (χ3v) is 3.79. The van der Waals surface area contributed by atoms with E-state index in [1.165, 1.54) is 25.7 Å². The Hall–Kier alpha value is -1.03. The van der Waals surface area contributed by atoms with Gasteiger partial charge in [0.1, 0.15) is 0 Å². The molecule has 0 amide bonds. The third kappa shape index (κ3) is 3.98. The Morgan fingerprint density at radius 1 is 1.35 bits per heavy atom. The molecule has 1 fully saturated rings. The summed E-state index contributed by atoms with van der Waals surface area (Å²) >= 11 is 5.96. The summed E-state index contributed by atoms with van der Waals surface area (Å²) in [6, 6.07) is 2.42. The molecular formula is C15H24ClN3O. The molecule has 0 aliphatic heterocycles. The van der Waals surface area contributed by atoms with Crippen molar-refractivity contribution in [3.8, 4) is 5.88 Å². The van der Waals surface area contributed by atoms with Crippen molar-refractivity contribution in [1.82, 2.24) is 9.97 Å². The fourth-order valence-electron chi connectivity index (χ4n) is 2.69. The first-order valence-corrected chi connectivity index (χ1v) is 8.09. The molecule has 0 aromatic carbocycles. The first kappa shape index (κ1) is 15.4. The van der Waals surface area contributed by atoms with E-state index in [4.69, 9.17) is 16.3 Å². The van der Waals surface area contributed by atoms with E-state index in [2.05, 4.69) is 21.8 Å². The van der Waals surface area contributed by atoms with Crippen LogP contribution < -0.4 is 9.64 Å². The first-order valence-electron chi connectivity index (χ1n) is 7.55. The normalized spacial score (nSPS) is 15.6. The van der Waals surface area contributed by atoms with Gasteiger partial charge in [0.2, 0.25) is 11.8 Å². The van der Waals surface area contributed by atoms with Gasteiger partial charge in [0.25, 0.3) is 0 Å². The maximum Gasteiger partial charge on any atom is 0.229 e. The highest BCUT2D eigenvalue weighted by molar-refractivity contribution is 6.18. The van der Waals surface area contributed by atoms with E-state index in [1.54, 1.807) is 0 Å². The summed E-state index contributed by atoms with van der Waals surface area (Å²) < 4.78 is 5.66. The fourth-order valence-corrected chi connectivity index (χ4v) is 2.87. The lowest BCUT2D eigenvalue weighted by Gasteiger charge is -2.28. The quantitative estimate of drug-likeness (QED) is 0.721. The van der Waals surface area contributed by atoms with Crippen molar-refractivity contribution < 1.29 is 4.74 Å². The van der Waals surface area contributed by atoms with Crippen LogP contribution in [0.15, 0.2) is 6.07 Å². The number of ether oxygens (including phenoxy) is 1. The molecule has 5 heteroatoms. The second kappa shape index (κ2) is 7.67. The van der Waals surface area contributed by atoms with Gasteiger partial charge in [-0.2, -0.15) is 4.98 Å². The number of rotatable bonds is 7. The molecule has 1 aliphatic rings. The maximum atomic E-state index is 5.96. The van der Waals surface area contributed by atoms with Crippen LogP contribution in [0.1, 0.15) is 44.7 Å². The van der Waals surface area contributed by atoms with Crippen molar-refractivity contribution in [3.63, 3.8) is 0 Å². The maximum absolute atomic E-state index is 5.96. The molecule has 2 rings (SSSR count). The predicted molar refractivity (Wildman–Crippen MR) is 82.9 cm³/mol. The highest BCUT2D eigenvalue weighted by Crippen LogP contribution is 2.27. The molecule has 0 spiro atoms. The third-order valence-electron chi connectivity index (χ3n) is 3.62. The van der Waals surface area contributed by atoms with E-state index in [1.807, 2.05) is 13.0 Å². The SMILES string of the molecule is CCCOc1cc(C)nc(N(CCCl)C2CCCC2)n1. The van der Waals surface area contributed by atoms with Gasteiger partial charge in [-0.3, -0.25) is 0 Å². The Morgan fingerprint density at radius 2 is 2.10 bits per heavy atom. The molecule has 0 unspecified atom stereocenters. The van der Waals surface area contributed by atoms with Gasteiger partial charge in [-0.25, -0.2) is 4.98 Å². The molecule has 112 valence electrons. The largest absolute Gasteiger partial charge is 0.478 e. The molecule has 1 aliphatic carbocycles. The number of alkyl halides is 1. The lowest BCUT2D eigenvalue weighted by molar-refractivity contribution is 0.304. The van der Waals surface area contributed by atoms with Crippen LogP contribution in [0.3, 0.4) is 0 Å². The van der Waals surface area contributed by atoms with E-state index >= 15 is 0 Å². The molecule has 1 saturated carbocycles. The lowest BCUT2D eigenvalue weighted by Crippen LogP contribution is -2.36.